The summed E-state index contributed by atoms with van der Waals surface area (Å²) in [6.07, 6.45) is 2.90. The zero-order valence-electron chi connectivity index (χ0n) is 10.6. The number of halogens is 1. The Kier molecular flexibility index (Phi) is 5.61. The molecular weight excluding hydrogens is 256 g/mol. The number of thioether (sulfide) groups is 1. The van der Waals surface area contributed by atoms with E-state index in [0.29, 0.717) is 17.2 Å². The van der Waals surface area contributed by atoms with E-state index in [1.807, 2.05) is 11.8 Å². The van der Waals surface area contributed by atoms with Crippen molar-refractivity contribution in [3.05, 3.63) is 0 Å². The van der Waals surface area contributed by atoms with Gasteiger partial charge in [-0.25, -0.2) is 0 Å². The second kappa shape index (κ2) is 6.30. The van der Waals surface area contributed by atoms with Crippen molar-refractivity contribution in [1.29, 1.82) is 0 Å². The monoisotopic (exact) mass is 278 g/mol. The van der Waals surface area contributed by atoms with Crippen LogP contribution in [0.4, 0.5) is 0 Å². The van der Waals surface area contributed by atoms with Gasteiger partial charge in [0.05, 0.1) is 0 Å². The lowest BCUT2D eigenvalue weighted by Crippen LogP contribution is -2.49. The minimum absolute atomic E-state index is 0. The maximum absolute atomic E-state index is 12.4. The van der Waals surface area contributed by atoms with Crippen molar-refractivity contribution in [3.8, 4) is 0 Å². The van der Waals surface area contributed by atoms with E-state index in [9.17, 15) is 4.79 Å². The Hall–Kier alpha value is 0.0700. The predicted octanol–water partition coefficient (Wildman–Crippen LogP) is 1.89. The van der Waals surface area contributed by atoms with Crippen LogP contribution in [0.15, 0.2) is 0 Å². The molecule has 2 aliphatic rings. The second-order valence-corrected chi connectivity index (χ2v) is 6.60. The molecule has 2 N–H and O–H groups in total. The molecule has 1 heterocycles. The van der Waals surface area contributed by atoms with Gasteiger partial charge >= 0.3 is 0 Å². The number of nitrogens with two attached hydrogens (primary N) is 1. The van der Waals surface area contributed by atoms with Gasteiger partial charge in [-0.15, -0.1) is 12.4 Å². The van der Waals surface area contributed by atoms with Gasteiger partial charge in [-0.1, -0.05) is 6.92 Å². The molecule has 0 aromatic rings. The summed E-state index contributed by atoms with van der Waals surface area (Å²) in [5.41, 5.74) is 5.88. The summed E-state index contributed by atoms with van der Waals surface area (Å²) in [5, 5.41) is 0.563. The summed E-state index contributed by atoms with van der Waals surface area (Å²) in [4.78, 5) is 14.5. The third kappa shape index (κ3) is 3.30. The number of hydrogen-bond acceptors (Lipinski definition) is 3. The molecule has 0 spiro atoms. The molecule has 2 fully saturated rings. The van der Waals surface area contributed by atoms with Crippen molar-refractivity contribution in [2.75, 3.05) is 12.3 Å². The summed E-state index contributed by atoms with van der Waals surface area (Å²) in [7, 11) is 0. The number of amides is 1. The predicted molar refractivity (Wildman–Crippen MR) is 75.7 cm³/mol. The van der Waals surface area contributed by atoms with Crippen molar-refractivity contribution in [2.45, 2.75) is 50.4 Å². The minimum atomic E-state index is 0. The van der Waals surface area contributed by atoms with Crippen LogP contribution in [0.1, 0.15) is 33.1 Å². The zero-order valence-corrected chi connectivity index (χ0v) is 12.2. The third-order valence-electron chi connectivity index (χ3n) is 3.99. The highest BCUT2D eigenvalue weighted by Gasteiger charge is 2.35. The highest BCUT2D eigenvalue weighted by Crippen LogP contribution is 2.30. The number of rotatable bonds is 1. The molecule has 100 valence electrons. The van der Waals surface area contributed by atoms with Gasteiger partial charge in [0.25, 0.3) is 0 Å². The Morgan fingerprint density at radius 3 is 2.65 bits per heavy atom. The molecular formula is C12H23ClN2OS. The maximum atomic E-state index is 12.4. The van der Waals surface area contributed by atoms with Crippen molar-refractivity contribution in [3.63, 3.8) is 0 Å². The molecule has 0 aromatic heterocycles. The summed E-state index contributed by atoms with van der Waals surface area (Å²) in [5.74, 6) is 1.64. The second-order valence-electron chi connectivity index (χ2n) is 5.12. The third-order valence-corrected chi connectivity index (χ3v) is 5.33. The van der Waals surface area contributed by atoms with Crippen molar-refractivity contribution >= 4 is 30.1 Å². The Morgan fingerprint density at radius 2 is 2.06 bits per heavy atom. The first kappa shape index (κ1) is 15.1. The molecule has 5 heteroatoms. The summed E-state index contributed by atoms with van der Waals surface area (Å²) >= 11 is 1.97. The first-order valence-electron chi connectivity index (χ1n) is 6.27. The van der Waals surface area contributed by atoms with Gasteiger partial charge in [-0.2, -0.15) is 11.8 Å². The molecule has 1 amide bonds. The molecule has 0 radical (unpaired) electrons. The van der Waals surface area contributed by atoms with E-state index in [4.69, 9.17) is 5.73 Å². The largest absolute Gasteiger partial charge is 0.338 e. The van der Waals surface area contributed by atoms with Crippen LogP contribution in [0, 0.1) is 5.92 Å². The fraction of sp³-hybridized carbons (Fsp3) is 0.917. The Bertz CT molecular complexity index is 277. The highest BCUT2D eigenvalue weighted by atomic mass is 35.5. The molecule has 17 heavy (non-hydrogen) atoms. The molecule has 1 aliphatic heterocycles. The van der Waals surface area contributed by atoms with Crippen molar-refractivity contribution in [1.82, 2.24) is 4.90 Å². The Balaban J connectivity index is 0.00000144. The van der Waals surface area contributed by atoms with E-state index in [2.05, 4.69) is 18.7 Å². The molecule has 0 aromatic carbocycles. The molecule has 1 saturated heterocycles. The number of nitrogens with zero attached hydrogens (tertiary/aromatic N) is 1. The quantitative estimate of drug-likeness (QED) is 0.797. The maximum Gasteiger partial charge on any atom is 0.226 e. The SMILES string of the molecule is CC1SCCN(C(=O)C2CCC(N)C2)C1C.Cl. The van der Waals surface area contributed by atoms with E-state index in [1.165, 1.54) is 0 Å². The summed E-state index contributed by atoms with van der Waals surface area (Å²) < 4.78 is 0. The van der Waals surface area contributed by atoms with Crippen LogP contribution in [0.2, 0.25) is 0 Å². The molecule has 1 saturated carbocycles. The van der Waals surface area contributed by atoms with Crippen LogP contribution in [0.5, 0.6) is 0 Å². The Morgan fingerprint density at radius 1 is 1.35 bits per heavy atom. The lowest BCUT2D eigenvalue weighted by atomic mass is 10.0. The van der Waals surface area contributed by atoms with Gasteiger partial charge < -0.3 is 10.6 Å². The van der Waals surface area contributed by atoms with Gasteiger partial charge in [-0.3, -0.25) is 4.79 Å². The fourth-order valence-electron chi connectivity index (χ4n) is 2.72. The lowest BCUT2D eigenvalue weighted by molar-refractivity contribution is -0.137. The van der Waals surface area contributed by atoms with Crippen LogP contribution in [-0.4, -0.2) is 40.4 Å². The van der Waals surface area contributed by atoms with Gasteiger partial charge in [-0.05, 0) is 26.2 Å². The van der Waals surface area contributed by atoms with E-state index >= 15 is 0 Å². The smallest absolute Gasteiger partial charge is 0.226 e. The Labute approximate surface area is 114 Å². The first-order valence-corrected chi connectivity index (χ1v) is 7.32. The molecule has 4 unspecified atom stereocenters. The van der Waals surface area contributed by atoms with Crippen molar-refractivity contribution < 1.29 is 4.79 Å². The lowest BCUT2D eigenvalue weighted by Gasteiger charge is -2.38. The van der Waals surface area contributed by atoms with Crippen LogP contribution in [0.3, 0.4) is 0 Å². The molecule has 1 aliphatic carbocycles. The van der Waals surface area contributed by atoms with E-state index in [1.54, 1.807) is 0 Å². The average molecular weight is 279 g/mol. The van der Waals surface area contributed by atoms with Crippen molar-refractivity contribution in [2.24, 2.45) is 11.7 Å². The minimum Gasteiger partial charge on any atom is -0.338 e. The zero-order chi connectivity index (χ0) is 11.7. The molecule has 3 nitrogen and oxygen atoms in total. The topological polar surface area (TPSA) is 46.3 Å². The van der Waals surface area contributed by atoms with Gasteiger partial charge in [0, 0.05) is 35.5 Å². The average Bonchev–Trinajstić information content (AvgIpc) is 2.68. The van der Waals surface area contributed by atoms with E-state index in [0.717, 1.165) is 31.6 Å². The van der Waals surface area contributed by atoms with E-state index in [-0.39, 0.29) is 24.4 Å². The summed E-state index contributed by atoms with van der Waals surface area (Å²) in [6.45, 7) is 5.31. The number of carbonyl (C=O) groups excluding carboxylic acids is 1. The summed E-state index contributed by atoms with van der Waals surface area (Å²) in [6, 6.07) is 0.629. The van der Waals surface area contributed by atoms with Crippen LogP contribution in [-0.2, 0) is 4.79 Å². The first-order chi connectivity index (χ1) is 7.59. The number of carbonyl (C=O) groups is 1. The van der Waals surface area contributed by atoms with Crippen LogP contribution < -0.4 is 5.73 Å². The molecule has 2 rings (SSSR count). The molecule has 4 atom stereocenters. The fourth-order valence-corrected chi connectivity index (χ4v) is 3.82. The highest BCUT2D eigenvalue weighted by molar-refractivity contribution is 8.00. The van der Waals surface area contributed by atoms with Gasteiger partial charge in [0.2, 0.25) is 5.91 Å². The van der Waals surface area contributed by atoms with Crippen LogP contribution in [0.25, 0.3) is 0 Å². The van der Waals surface area contributed by atoms with Gasteiger partial charge in [0.15, 0.2) is 0 Å². The van der Waals surface area contributed by atoms with Gasteiger partial charge in [0.1, 0.15) is 0 Å². The normalized spacial score (nSPS) is 37.7. The number of hydrogen-bond donors (Lipinski definition) is 1. The molecule has 0 bridgehead atoms. The van der Waals surface area contributed by atoms with Crippen LogP contribution >= 0.6 is 24.2 Å². The van der Waals surface area contributed by atoms with E-state index < -0.39 is 0 Å². The standard InChI is InChI=1S/C12H22N2OS.ClH/c1-8-9(2)16-6-5-14(8)12(15)10-3-4-11(13)7-10;/h8-11H,3-7,13H2,1-2H3;1H.